The molecule has 1 aliphatic carbocycles. The normalized spacial score (nSPS) is 16.6. The van der Waals surface area contributed by atoms with Crippen molar-refractivity contribution in [2.75, 3.05) is 6.61 Å². The number of rotatable bonds is 3. The molecule has 18 heavy (non-hydrogen) atoms. The largest absolute Gasteiger partial charge is 0.572 e. The van der Waals surface area contributed by atoms with Gasteiger partial charge in [0.25, 0.3) is 0 Å². The van der Waals surface area contributed by atoms with E-state index in [0.717, 1.165) is 0 Å². The van der Waals surface area contributed by atoms with Crippen LogP contribution in [0.15, 0.2) is 12.3 Å². The molecule has 0 atom stereocenters. The molecule has 1 saturated carbocycles. The summed E-state index contributed by atoms with van der Waals surface area (Å²) in [7, 11) is 0. The van der Waals surface area contributed by atoms with Crippen molar-refractivity contribution in [2.45, 2.75) is 64.8 Å². The lowest BCUT2D eigenvalue weighted by molar-refractivity contribution is -0.298. The molecule has 0 aromatic heterocycles. The van der Waals surface area contributed by atoms with Gasteiger partial charge in [0.05, 0.1) is 18.5 Å². The van der Waals surface area contributed by atoms with Crippen LogP contribution < -0.4 is 0 Å². The Labute approximate surface area is 107 Å². The fraction of sp³-hybridized carbons (Fsp3) is 0.846. The second-order valence-corrected chi connectivity index (χ2v) is 5.13. The summed E-state index contributed by atoms with van der Waals surface area (Å²) in [5.74, 6) is 0. The number of ether oxygens (including phenoxy) is 2. The van der Waals surface area contributed by atoms with Crippen LogP contribution >= 0.6 is 0 Å². The van der Waals surface area contributed by atoms with E-state index in [1.165, 1.54) is 38.2 Å². The molecule has 1 rings (SSSR count). The highest BCUT2D eigenvalue weighted by Crippen LogP contribution is 2.16. The second-order valence-electron chi connectivity index (χ2n) is 5.13. The first-order chi connectivity index (χ1) is 8.21. The van der Waals surface area contributed by atoms with Gasteiger partial charge < -0.3 is 9.47 Å². The summed E-state index contributed by atoms with van der Waals surface area (Å²) in [5.41, 5.74) is -0.359. The molecule has 108 valence electrons. The van der Waals surface area contributed by atoms with Crippen LogP contribution in [0.1, 0.15) is 52.9 Å². The summed E-state index contributed by atoms with van der Waals surface area (Å²) in [6, 6.07) is 0. The lowest BCUT2D eigenvalue weighted by Gasteiger charge is -2.17. The predicted octanol–water partition coefficient (Wildman–Crippen LogP) is 4.80. The zero-order valence-corrected chi connectivity index (χ0v) is 11.3. The number of hydrogen-bond acceptors (Lipinski definition) is 2. The summed E-state index contributed by atoms with van der Waals surface area (Å²) in [5, 5.41) is 0. The SMILES string of the molecule is C1CCCC1.CC(C)(C)OCC=COC(F)(F)F. The highest BCUT2D eigenvalue weighted by atomic mass is 19.4. The van der Waals surface area contributed by atoms with Gasteiger partial charge in [0.2, 0.25) is 0 Å². The minimum Gasteiger partial charge on any atom is -0.414 e. The molecule has 0 radical (unpaired) electrons. The minimum absolute atomic E-state index is 0.0968. The minimum atomic E-state index is -4.61. The van der Waals surface area contributed by atoms with Gasteiger partial charge in [-0.1, -0.05) is 32.1 Å². The molecule has 0 bridgehead atoms. The van der Waals surface area contributed by atoms with Crippen LogP contribution in [0.5, 0.6) is 0 Å². The van der Waals surface area contributed by atoms with Crippen LogP contribution in [-0.2, 0) is 9.47 Å². The highest BCUT2D eigenvalue weighted by Gasteiger charge is 2.28. The Morgan fingerprint density at radius 3 is 1.72 bits per heavy atom. The van der Waals surface area contributed by atoms with E-state index in [0.29, 0.717) is 6.26 Å². The Kier molecular flexibility index (Phi) is 8.07. The van der Waals surface area contributed by atoms with E-state index < -0.39 is 6.36 Å². The van der Waals surface area contributed by atoms with Gasteiger partial charge in [0.1, 0.15) is 0 Å². The standard InChI is InChI=1S/C8H13F3O2.C5H10/c1-7(2,3)12-5-4-6-13-8(9,10)11;1-2-4-5-3-1/h4,6H,5H2,1-3H3;1-5H2. The third-order valence-corrected chi connectivity index (χ3v) is 2.16. The quantitative estimate of drug-likeness (QED) is 0.684. The topological polar surface area (TPSA) is 18.5 Å². The molecule has 1 fully saturated rings. The smallest absolute Gasteiger partial charge is 0.414 e. The first-order valence-corrected chi connectivity index (χ1v) is 6.24. The number of hydrogen-bond donors (Lipinski definition) is 0. The highest BCUT2D eigenvalue weighted by molar-refractivity contribution is 4.75. The Morgan fingerprint density at radius 1 is 0.944 bits per heavy atom. The fourth-order valence-corrected chi connectivity index (χ4v) is 1.35. The van der Waals surface area contributed by atoms with Crippen molar-refractivity contribution in [1.82, 2.24) is 0 Å². The monoisotopic (exact) mass is 268 g/mol. The first kappa shape index (κ1) is 17.3. The van der Waals surface area contributed by atoms with Gasteiger partial charge in [0, 0.05) is 0 Å². The Bertz CT molecular complexity index is 218. The predicted molar refractivity (Wildman–Crippen MR) is 65.1 cm³/mol. The average Bonchev–Trinajstić information content (AvgIpc) is 2.70. The summed E-state index contributed by atoms with van der Waals surface area (Å²) in [4.78, 5) is 0. The van der Waals surface area contributed by atoms with E-state index in [2.05, 4.69) is 4.74 Å². The van der Waals surface area contributed by atoms with E-state index in [9.17, 15) is 13.2 Å². The summed E-state index contributed by atoms with van der Waals surface area (Å²) in [6.45, 7) is 5.53. The van der Waals surface area contributed by atoms with E-state index >= 15 is 0 Å². The van der Waals surface area contributed by atoms with Crippen molar-refractivity contribution >= 4 is 0 Å². The fourth-order valence-electron chi connectivity index (χ4n) is 1.35. The molecule has 2 nitrogen and oxygen atoms in total. The summed E-state index contributed by atoms with van der Waals surface area (Å²) < 4.78 is 42.7. The third-order valence-electron chi connectivity index (χ3n) is 2.16. The molecular formula is C13H23F3O2. The Balaban J connectivity index is 0.000000473. The van der Waals surface area contributed by atoms with Crippen molar-refractivity contribution in [1.29, 1.82) is 0 Å². The zero-order valence-electron chi connectivity index (χ0n) is 11.3. The van der Waals surface area contributed by atoms with E-state index in [4.69, 9.17) is 4.74 Å². The molecule has 1 aliphatic rings. The summed E-state index contributed by atoms with van der Waals surface area (Å²) in [6.07, 6.45) is 4.63. The van der Waals surface area contributed by atoms with Gasteiger partial charge in [0.15, 0.2) is 0 Å². The van der Waals surface area contributed by atoms with Crippen LogP contribution in [-0.4, -0.2) is 18.6 Å². The van der Waals surface area contributed by atoms with Crippen molar-refractivity contribution in [3.05, 3.63) is 12.3 Å². The van der Waals surface area contributed by atoms with Crippen LogP contribution in [0.4, 0.5) is 13.2 Å². The lowest BCUT2D eigenvalue weighted by Crippen LogP contribution is -2.19. The van der Waals surface area contributed by atoms with Gasteiger partial charge in [-0.15, -0.1) is 13.2 Å². The van der Waals surface area contributed by atoms with Crippen LogP contribution in [0, 0.1) is 0 Å². The molecule has 0 spiro atoms. The van der Waals surface area contributed by atoms with Crippen molar-refractivity contribution in [3.8, 4) is 0 Å². The maximum atomic E-state index is 11.4. The zero-order chi connectivity index (χ0) is 14.1. The van der Waals surface area contributed by atoms with E-state index in [1.807, 2.05) is 20.8 Å². The molecule has 0 saturated heterocycles. The molecule has 0 unspecified atom stereocenters. The van der Waals surface area contributed by atoms with Crippen molar-refractivity contribution in [3.63, 3.8) is 0 Å². The molecule has 0 N–H and O–H groups in total. The number of halogens is 3. The molecule has 0 aromatic rings. The molecule has 0 aliphatic heterocycles. The van der Waals surface area contributed by atoms with Crippen molar-refractivity contribution < 1.29 is 22.6 Å². The van der Waals surface area contributed by atoms with Gasteiger partial charge in [-0.3, -0.25) is 0 Å². The van der Waals surface area contributed by atoms with E-state index in [-0.39, 0.29) is 12.2 Å². The lowest BCUT2D eigenvalue weighted by atomic mass is 10.2. The average molecular weight is 268 g/mol. The van der Waals surface area contributed by atoms with Gasteiger partial charge in [-0.05, 0) is 26.8 Å². The Morgan fingerprint density at radius 2 is 1.39 bits per heavy atom. The van der Waals surface area contributed by atoms with Gasteiger partial charge >= 0.3 is 6.36 Å². The van der Waals surface area contributed by atoms with Crippen LogP contribution in [0.25, 0.3) is 0 Å². The van der Waals surface area contributed by atoms with Crippen molar-refractivity contribution in [2.24, 2.45) is 0 Å². The van der Waals surface area contributed by atoms with Crippen LogP contribution in [0.3, 0.4) is 0 Å². The molecule has 0 aromatic carbocycles. The summed E-state index contributed by atoms with van der Waals surface area (Å²) >= 11 is 0. The molecule has 0 amide bonds. The molecule has 5 heteroatoms. The number of alkyl halides is 3. The maximum Gasteiger partial charge on any atom is 0.572 e. The van der Waals surface area contributed by atoms with E-state index in [1.54, 1.807) is 0 Å². The third kappa shape index (κ3) is 15.3. The Hall–Kier alpha value is -0.710. The first-order valence-electron chi connectivity index (χ1n) is 6.24. The second kappa shape index (κ2) is 8.40. The van der Waals surface area contributed by atoms with Crippen LogP contribution in [0.2, 0.25) is 0 Å². The molecular weight excluding hydrogens is 245 g/mol. The molecule has 0 heterocycles. The van der Waals surface area contributed by atoms with Gasteiger partial charge in [-0.2, -0.15) is 0 Å². The van der Waals surface area contributed by atoms with Gasteiger partial charge in [-0.25, -0.2) is 0 Å². The maximum absolute atomic E-state index is 11.4.